The highest BCUT2D eigenvalue weighted by Gasteiger charge is 2.11. The van der Waals surface area contributed by atoms with Crippen LogP contribution in [0, 0.1) is 6.92 Å². The minimum absolute atomic E-state index is 0.0187. The lowest BCUT2D eigenvalue weighted by Gasteiger charge is -2.01. The van der Waals surface area contributed by atoms with Crippen molar-refractivity contribution in [2.24, 2.45) is 7.05 Å². The van der Waals surface area contributed by atoms with Crippen LogP contribution in [0.3, 0.4) is 0 Å². The first kappa shape index (κ1) is 10.7. The van der Waals surface area contributed by atoms with Crippen LogP contribution in [0.5, 0.6) is 0 Å². The average Bonchev–Trinajstić information content (AvgIpc) is 2.79. The van der Waals surface area contributed by atoms with Crippen LogP contribution in [0.1, 0.15) is 12.1 Å². The predicted octanol–water partition coefficient (Wildman–Crippen LogP) is 0.214. The molecular formula is C10H15N5O. The quantitative estimate of drug-likeness (QED) is 0.806. The molecule has 0 atom stereocenters. The third-order valence-corrected chi connectivity index (χ3v) is 2.64. The summed E-state index contributed by atoms with van der Waals surface area (Å²) in [6, 6.07) is 0. The molecule has 16 heavy (non-hydrogen) atoms. The lowest BCUT2D eigenvalue weighted by atomic mass is 10.3. The first-order chi connectivity index (χ1) is 7.63. The van der Waals surface area contributed by atoms with Crippen LogP contribution >= 0.6 is 0 Å². The Morgan fingerprint density at radius 3 is 3.00 bits per heavy atom. The van der Waals surface area contributed by atoms with E-state index < -0.39 is 0 Å². The fourth-order valence-corrected chi connectivity index (χ4v) is 1.81. The maximum atomic E-state index is 11.2. The molecule has 6 heteroatoms. The van der Waals surface area contributed by atoms with Gasteiger partial charge in [-0.05, 0) is 6.92 Å². The standard InChI is InChI=1S/C10H15N5O/c1-7-10-8(14(3)13-7)6-12-15(10)5-4-9(16)11-2/h6H,4-5H2,1-3H3,(H,11,16). The Balaban J connectivity index is 2.28. The topological polar surface area (TPSA) is 64.7 Å². The normalized spacial score (nSPS) is 10.9. The molecule has 2 aromatic heterocycles. The lowest BCUT2D eigenvalue weighted by Crippen LogP contribution is -2.19. The van der Waals surface area contributed by atoms with Crippen molar-refractivity contribution in [3.05, 3.63) is 11.9 Å². The molecule has 0 aromatic carbocycles. The number of carbonyl (C=O) groups excluding carboxylic acids is 1. The van der Waals surface area contributed by atoms with Gasteiger partial charge in [0.1, 0.15) is 11.0 Å². The van der Waals surface area contributed by atoms with Gasteiger partial charge in [0.05, 0.1) is 18.4 Å². The van der Waals surface area contributed by atoms with E-state index in [9.17, 15) is 4.79 Å². The van der Waals surface area contributed by atoms with Crippen molar-refractivity contribution in [1.29, 1.82) is 0 Å². The summed E-state index contributed by atoms with van der Waals surface area (Å²) in [5.41, 5.74) is 2.94. The molecule has 1 amide bonds. The highest BCUT2D eigenvalue weighted by molar-refractivity contribution is 5.78. The van der Waals surface area contributed by atoms with Crippen LogP contribution in [0.2, 0.25) is 0 Å². The molecule has 0 aliphatic rings. The van der Waals surface area contributed by atoms with Crippen LogP contribution in [-0.4, -0.2) is 32.5 Å². The van der Waals surface area contributed by atoms with Crippen molar-refractivity contribution < 1.29 is 4.79 Å². The Hall–Kier alpha value is -1.85. The lowest BCUT2D eigenvalue weighted by molar-refractivity contribution is -0.120. The highest BCUT2D eigenvalue weighted by Crippen LogP contribution is 2.16. The molecule has 0 saturated heterocycles. The molecular weight excluding hydrogens is 206 g/mol. The molecule has 86 valence electrons. The molecule has 0 spiro atoms. The number of nitrogens with zero attached hydrogens (tertiary/aromatic N) is 4. The second-order valence-corrected chi connectivity index (χ2v) is 3.73. The Labute approximate surface area is 93.2 Å². The zero-order chi connectivity index (χ0) is 11.7. The minimum atomic E-state index is 0.0187. The van der Waals surface area contributed by atoms with Crippen LogP contribution in [0.15, 0.2) is 6.20 Å². The van der Waals surface area contributed by atoms with Crippen molar-refractivity contribution in [3.63, 3.8) is 0 Å². The Bertz CT molecular complexity index is 525. The molecule has 0 unspecified atom stereocenters. The number of fused-ring (bicyclic) bond motifs is 1. The number of nitrogens with one attached hydrogen (secondary N) is 1. The molecule has 0 saturated carbocycles. The van der Waals surface area contributed by atoms with Crippen LogP contribution in [-0.2, 0) is 18.4 Å². The van der Waals surface area contributed by atoms with E-state index in [1.54, 1.807) is 17.9 Å². The number of hydrogen-bond acceptors (Lipinski definition) is 3. The Morgan fingerprint density at radius 1 is 1.56 bits per heavy atom. The summed E-state index contributed by atoms with van der Waals surface area (Å²) in [6.07, 6.45) is 2.21. The van der Waals surface area contributed by atoms with Crippen molar-refractivity contribution >= 4 is 16.9 Å². The summed E-state index contributed by atoms with van der Waals surface area (Å²) in [5, 5.41) is 11.2. The zero-order valence-corrected chi connectivity index (χ0v) is 9.69. The first-order valence-corrected chi connectivity index (χ1v) is 5.19. The van der Waals surface area contributed by atoms with Gasteiger partial charge in [0.25, 0.3) is 0 Å². The fourth-order valence-electron chi connectivity index (χ4n) is 1.81. The van der Waals surface area contributed by atoms with Gasteiger partial charge in [-0.25, -0.2) is 0 Å². The molecule has 0 aliphatic heterocycles. The van der Waals surface area contributed by atoms with Gasteiger partial charge >= 0.3 is 0 Å². The van der Waals surface area contributed by atoms with Crippen molar-refractivity contribution in [2.75, 3.05) is 7.05 Å². The van der Waals surface area contributed by atoms with Gasteiger partial charge in [-0.15, -0.1) is 0 Å². The average molecular weight is 221 g/mol. The smallest absolute Gasteiger partial charge is 0.221 e. The molecule has 2 heterocycles. The molecule has 0 fully saturated rings. The van der Waals surface area contributed by atoms with Crippen molar-refractivity contribution in [3.8, 4) is 0 Å². The summed E-state index contributed by atoms with van der Waals surface area (Å²) in [6.45, 7) is 2.52. The molecule has 0 radical (unpaired) electrons. The van der Waals surface area contributed by atoms with Crippen LogP contribution < -0.4 is 5.32 Å². The summed E-state index contributed by atoms with van der Waals surface area (Å²) >= 11 is 0. The molecule has 2 aromatic rings. The van der Waals surface area contributed by atoms with Gasteiger partial charge in [-0.2, -0.15) is 10.2 Å². The van der Waals surface area contributed by atoms with E-state index in [0.717, 1.165) is 16.7 Å². The summed E-state index contributed by atoms with van der Waals surface area (Å²) in [5.74, 6) is 0.0187. The maximum absolute atomic E-state index is 11.2. The van der Waals surface area contributed by atoms with E-state index in [1.807, 2.05) is 18.7 Å². The largest absolute Gasteiger partial charge is 0.359 e. The monoisotopic (exact) mass is 221 g/mol. The van der Waals surface area contributed by atoms with Crippen molar-refractivity contribution in [1.82, 2.24) is 24.9 Å². The van der Waals surface area contributed by atoms with E-state index >= 15 is 0 Å². The first-order valence-electron chi connectivity index (χ1n) is 5.19. The molecule has 0 aliphatic carbocycles. The number of carbonyl (C=O) groups is 1. The van der Waals surface area contributed by atoms with E-state index in [2.05, 4.69) is 15.5 Å². The van der Waals surface area contributed by atoms with E-state index in [4.69, 9.17) is 0 Å². The third kappa shape index (κ3) is 1.66. The minimum Gasteiger partial charge on any atom is -0.359 e. The Kier molecular flexibility index (Phi) is 2.64. The van der Waals surface area contributed by atoms with Gasteiger partial charge in [-0.1, -0.05) is 0 Å². The van der Waals surface area contributed by atoms with Gasteiger partial charge < -0.3 is 5.32 Å². The second kappa shape index (κ2) is 3.96. The van der Waals surface area contributed by atoms with Gasteiger partial charge in [0.15, 0.2) is 0 Å². The number of rotatable bonds is 3. The van der Waals surface area contributed by atoms with Crippen LogP contribution in [0.25, 0.3) is 11.0 Å². The molecule has 1 N–H and O–H groups in total. The SMILES string of the molecule is CNC(=O)CCn1ncc2c1c(C)nn2C. The number of hydrogen-bond donors (Lipinski definition) is 1. The molecule has 0 bridgehead atoms. The molecule has 6 nitrogen and oxygen atoms in total. The van der Waals surface area contributed by atoms with Gasteiger partial charge in [-0.3, -0.25) is 14.2 Å². The summed E-state index contributed by atoms with van der Waals surface area (Å²) < 4.78 is 3.63. The zero-order valence-electron chi connectivity index (χ0n) is 9.69. The van der Waals surface area contributed by atoms with E-state index in [0.29, 0.717) is 13.0 Å². The van der Waals surface area contributed by atoms with Crippen molar-refractivity contribution in [2.45, 2.75) is 19.9 Å². The van der Waals surface area contributed by atoms with Gasteiger partial charge in [0.2, 0.25) is 5.91 Å². The third-order valence-electron chi connectivity index (χ3n) is 2.64. The molecule has 2 rings (SSSR count). The number of amides is 1. The van der Waals surface area contributed by atoms with E-state index in [-0.39, 0.29) is 5.91 Å². The number of aromatic nitrogens is 4. The number of aryl methyl sites for hydroxylation is 3. The fraction of sp³-hybridized carbons (Fsp3) is 0.500. The predicted molar refractivity (Wildman–Crippen MR) is 59.9 cm³/mol. The summed E-state index contributed by atoms with van der Waals surface area (Å²) in [7, 11) is 3.52. The second-order valence-electron chi connectivity index (χ2n) is 3.73. The summed E-state index contributed by atoms with van der Waals surface area (Å²) in [4.78, 5) is 11.2. The van der Waals surface area contributed by atoms with Gasteiger partial charge in [0, 0.05) is 20.5 Å². The van der Waals surface area contributed by atoms with E-state index in [1.165, 1.54) is 0 Å². The maximum Gasteiger partial charge on any atom is 0.221 e. The highest BCUT2D eigenvalue weighted by atomic mass is 16.1. The Morgan fingerprint density at radius 2 is 2.31 bits per heavy atom. The van der Waals surface area contributed by atoms with Crippen LogP contribution in [0.4, 0.5) is 0 Å².